The maximum Gasteiger partial charge on any atom is 0.321 e. The summed E-state index contributed by atoms with van der Waals surface area (Å²) in [7, 11) is 1.74. The summed E-state index contributed by atoms with van der Waals surface area (Å²) in [6, 6.07) is 13.4. The predicted molar refractivity (Wildman–Crippen MR) is 122 cm³/mol. The Bertz CT molecular complexity index is 1090. The average Bonchev–Trinajstić information content (AvgIpc) is 3.35. The van der Waals surface area contributed by atoms with E-state index in [1.165, 1.54) is 11.3 Å². The van der Waals surface area contributed by atoms with Crippen molar-refractivity contribution in [1.29, 1.82) is 0 Å². The van der Waals surface area contributed by atoms with Gasteiger partial charge < -0.3 is 15.1 Å². The molecule has 0 radical (unpaired) electrons. The van der Waals surface area contributed by atoms with Crippen molar-refractivity contribution in [3.05, 3.63) is 76.5 Å². The summed E-state index contributed by atoms with van der Waals surface area (Å²) in [6.45, 7) is 1.21. The van der Waals surface area contributed by atoms with Crippen LogP contribution in [0.25, 0.3) is 11.1 Å². The monoisotopic (exact) mass is 455 g/mol. The molecule has 2 aromatic carbocycles. The van der Waals surface area contributed by atoms with Crippen molar-refractivity contribution in [3.63, 3.8) is 0 Å². The van der Waals surface area contributed by atoms with Gasteiger partial charge >= 0.3 is 6.03 Å². The van der Waals surface area contributed by atoms with Gasteiger partial charge in [0.2, 0.25) is 0 Å². The van der Waals surface area contributed by atoms with Gasteiger partial charge in [-0.1, -0.05) is 18.2 Å². The number of carbonyl (C=O) groups excluding carboxylic acids is 2. The van der Waals surface area contributed by atoms with Crippen molar-refractivity contribution in [2.24, 2.45) is 0 Å². The summed E-state index contributed by atoms with van der Waals surface area (Å²) in [5.41, 5.74) is 1.26. The average molecular weight is 456 g/mol. The predicted octanol–water partition coefficient (Wildman–Crippen LogP) is 5.46. The van der Waals surface area contributed by atoms with Crippen LogP contribution in [0.2, 0.25) is 0 Å². The number of carbonyl (C=O) groups is 2. The largest absolute Gasteiger partial charge is 0.338 e. The number of hydrogen-bond donors (Lipinski definition) is 1. The number of hydrogen-bond acceptors (Lipinski definition) is 3. The maximum absolute atomic E-state index is 14.0. The zero-order valence-electron chi connectivity index (χ0n) is 17.6. The maximum atomic E-state index is 14.0. The van der Waals surface area contributed by atoms with E-state index in [0.717, 1.165) is 23.1 Å². The Balaban J connectivity index is 1.33. The van der Waals surface area contributed by atoms with Crippen LogP contribution >= 0.6 is 11.3 Å². The summed E-state index contributed by atoms with van der Waals surface area (Å²) in [4.78, 5) is 29.4. The molecule has 32 heavy (non-hydrogen) atoms. The number of halogens is 2. The van der Waals surface area contributed by atoms with E-state index in [4.69, 9.17) is 0 Å². The van der Waals surface area contributed by atoms with E-state index < -0.39 is 11.6 Å². The van der Waals surface area contributed by atoms with Crippen LogP contribution in [-0.2, 0) is 0 Å². The van der Waals surface area contributed by atoms with Gasteiger partial charge in [0.15, 0.2) is 0 Å². The summed E-state index contributed by atoms with van der Waals surface area (Å²) >= 11 is 1.43. The van der Waals surface area contributed by atoms with Crippen LogP contribution in [0.5, 0.6) is 0 Å². The molecule has 8 heteroatoms. The quantitative estimate of drug-likeness (QED) is 0.568. The summed E-state index contributed by atoms with van der Waals surface area (Å²) in [6.07, 6.45) is 1.41. The first-order valence-corrected chi connectivity index (χ1v) is 11.2. The lowest BCUT2D eigenvalue weighted by Crippen LogP contribution is -2.48. The number of rotatable bonds is 4. The van der Waals surface area contributed by atoms with Gasteiger partial charge in [-0.05, 0) is 60.2 Å². The molecule has 0 unspecified atom stereocenters. The van der Waals surface area contributed by atoms with E-state index in [1.54, 1.807) is 36.2 Å². The number of nitrogens with zero attached hydrogens (tertiary/aromatic N) is 2. The molecule has 1 N–H and O–H groups in total. The lowest BCUT2D eigenvalue weighted by molar-refractivity contribution is 0.0676. The molecule has 3 amide bonds. The molecule has 1 aliphatic heterocycles. The highest BCUT2D eigenvalue weighted by molar-refractivity contribution is 7.12. The van der Waals surface area contributed by atoms with Crippen molar-refractivity contribution in [1.82, 2.24) is 9.80 Å². The normalized spacial score (nSPS) is 14.3. The van der Waals surface area contributed by atoms with Gasteiger partial charge in [-0.25, -0.2) is 13.6 Å². The zero-order chi connectivity index (χ0) is 22.7. The van der Waals surface area contributed by atoms with Gasteiger partial charge in [0.05, 0.1) is 4.88 Å². The molecule has 1 saturated heterocycles. The van der Waals surface area contributed by atoms with Crippen molar-refractivity contribution < 1.29 is 18.4 Å². The highest BCUT2D eigenvalue weighted by Crippen LogP contribution is 2.26. The molecular weight excluding hydrogens is 432 g/mol. The molecule has 2 heterocycles. The molecule has 3 aromatic rings. The molecule has 0 atom stereocenters. The van der Waals surface area contributed by atoms with E-state index in [1.807, 2.05) is 22.4 Å². The minimum absolute atomic E-state index is 0.0306. The molecule has 1 fully saturated rings. The number of likely N-dealkylation sites (tertiary alicyclic amines) is 1. The van der Waals surface area contributed by atoms with E-state index in [-0.39, 0.29) is 23.5 Å². The number of piperidine rings is 1. The molecule has 0 bridgehead atoms. The molecule has 0 saturated carbocycles. The second-order valence-electron chi connectivity index (χ2n) is 7.74. The van der Waals surface area contributed by atoms with Crippen molar-refractivity contribution in [2.45, 2.75) is 18.9 Å². The number of benzene rings is 2. The standard InChI is InChI=1S/C24H23F2N3O2S/c1-28(19-10-12-29(13-11-19)23(30)22-3-2-14-32-22)24(31)27-18-7-4-16(5-8-18)20-15-17(25)6-9-21(20)26/h2-9,14-15,19H,10-13H2,1H3,(H,27,31). The van der Waals surface area contributed by atoms with Crippen LogP contribution in [0.1, 0.15) is 22.5 Å². The number of nitrogens with one attached hydrogen (secondary N) is 1. The van der Waals surface area contributed by atoms with E-state index in [2.05, 4.69) is 5.32 Å². The van der Waals surface area contributed by atoms with Crippen LogP contribution < -0.4 is 5.32 Å². The number of anilines is 1. The molecule has 1 aromatic heterocycles. The van der Waals surface area contributed by atoms with Crippen LogP contribution in [-0.4, -0.2) is 47.9 Å². The molecule has 5 nitrogen and oxygen atoms in total. The Morgan fingerprint density at radius 1 is 1.06 bits per heavy atom. The summed E-state index contributed by atoms with van der Waals surface area (Å²) < 4.78 is 27.4. The first kappa shape index (κ1) is 22.0. The zero-order valence-corrected chi connectivity index (χ0v) is 18.4. The molecule has 0 spiro atoms. The summed E-state index contributed by atoms with van der Waals surface area (Å²) in [5, 5.41) is 4.73. The van der Waals surface area contributed by atoms with Crippen LogP contribution in [0.15, 0.2) is 60.0 Å². The Hall–Kier alpha value is -3.26. The fourth-order valence-electron chi connectivity index (χ4n) is 3.84. The molecule has 4 rings (SSSR count). The van der Waals surface area contributed by atoms with Crippen LogP contribution in [0, 0.1) is 11.6 Å². The van der Waals surface area contributed by atoms with Crippen LogP contribution in [0.4, 0.5) is 19.3 Å². The first-order chi connectivity index (χ1) is 15.4. The van der Waals surface area contributed by atoms with E-state index in [0.29, 0.717) is 37.2 Å². The second kappa shape index (κ2) is 9.48. The number of amides is 3. The van der Waals surface area contributed by atoms with Crippen molar-refractivity contribution in [2.75, 3.05) is 25.5 Å². The minimum Gasteiger partial charge on any atom is -0.338 e. The third kappa shape index (κ3) is 4.80. The van der Waals surface area contributed by atoms with Gasteiger partial charge in [0.1, 0.15) is 11.6 Å². The fourth-order valence-corrected chi connectivity index (χ4v) is 4.53. The third-order valence-corrected chi connectivity index (χ3v) is 6.59. The van der Waals surface area contributed by atoms with Gasteiger partial charge in [-0.15, -0.1) is 11.3 Å². The highest BCUT2D eigenvalue weighted by Gasteiger charge is 2.28. The third-order valence-electron chi connectivity index (χ3n) is 5.73. The van der Waals surface area contributed by atoms with Crippen molar-refractivity contribution in [3.8, 4) is 11.1 Å². The van der Waals surface area contributed by atoms with E-state index >= 15 is 0 Å². The van der Waals surface area contributed by atoms with Gasteiger partial charge in [-0.3, -0.25) is 4.79 Å². The Morgan fingerprint density at radius 2 is 1.78 bits per heavy atom. The van der Waals surface area contributed by atoms with Gasteiger partial charge in [-0.2, -0.15) is 0 Å². The van der Waals surface area contributed by atoms with Crippen molar-refractivity contribution >= 4 is 29.0 Å². The molecule has 166 valence electrons. The minimum atomic E-state index is -0.511. The van der Waals surface area contributed by atoms with Crippen LogP contribution in [0.3, 0.4) is 0 Å². The topological polar surface area (TPSA) is 52.7 Å². The number of thiophene rings is 1. The molecule has 1 aliphatic rings. The molecule has 0 aliphatic carbocycles. The van der Waals surface area contributed by atoms with Gasteiger partial charge in [0.25, 0.3) is 5.91 Å². The Morgan fingerprint density at radius 3 is 2.44 bits per heavy atom. The summed E-state index contributed by atoms with van der Waals surface area (Å²) in [5.74, 6) is -0.976. The highest BCUT2D eigenvalue weighted by atomic mass is 32.1. The lowest BCUT2D eigenvalue weighted by atomic mass is 10.0. The smallest absolute Gasteiger partial charge is 0.321 e. The SMILES string of the molecule is CN(C(=O)Nc1ccc(-c2cc(F)ccc2F)cc1)C1CCN(C(=O)c2cccs2)CC1. The van der Waals surface area contributed by atoms with Gasteiger partial charge in [0, 0.05) is 37.4 Å². The Labute approximate surface area is 189 Å². The Kier molecular flexibility index (Phi) is 6.50. The van der Waals surface area contributed by atoms with E-state index in [9.17, 15) is 18.4 Å². The number of urea groups is 1. The fraction of sp³-hybridized carbons (Fsp3) is 0.250. The first-order valence-electron chi connectivity index (χ1n) is 10.3. The second-order valence-corrected chi connectivity index (χ2v) is 8.69. The lowest BCUT2D eigenvalue weighted by Gasteiger charge is -2.36. The molecular formula is C24H23F2N3O2S.